The summed E-state index contributed by atoms with van der Waals surface area (Å²) in [4.78, 5) is 15.4. The third-order valence-electron chi connectivity index (χ3n) is 3.64. The molecule has 0 aliphatic carbocycles. The van der Waals surface area contributed by atoms with Crippen molar-refractivity contribution in [3.63, 3.8) is 0 Å². The van der Waals surface area contributed by atoms with Crippen LogP contribution in [0.15, 0.2) is 23.1 Å². The zero-order valence-corrected chi connectivity index (χ0v) is 12.3. The average Bonchev–Trinajstić information content (AvgIpc) is 2.94. The van der Waals surface area contributed by atoms with Crippen LogP contribution < -0.4 is 16.0 Å². The molecule has 0 spiro atoms. The summed E-state index contributed by atoms with van der Waals surface area (Å²) in [7, 11) is 1.70. The van der Waals surface area contributed by atoms with Crippen molar-refractivity contribution in [3.8, 4) is 0 Å². The first kappa shape index (κ1) is 14.2. The lowest BCUT2D eigenvalue weighted by Crippen LogP contribution is -2.42. The van der Waals surface area contributed by atoms with Crippen molar-refractivity contribution in [2.24, 2.45) is 5.73 Å². The number of carbonyl (C=O) groups is 1. The van der Waals surface area contributed by atoms with Crippen molar-refractivity contribution in [3.05, 3.63) is 23.8 Å². The van der Waals surface area contributed by atoms with Crippen molar-refractivity contribution in [2.75, 3.05) is 24.7 Å². The second-order valence-corrected chi connectivity index (χ2v) is 5.48. The molecule has 1 unspecified atom stereocenters. The van der Waals surface area contributed by atoms with Gasteiger partial charge in [-0.2, -0.15) is 0 Å². The first-order chi connectivity index (χ1) is 9.22. The maximum Gasteiger partial charge on any atom is 0.242 e. The summed E-state index contributed by atoms with van der Waals surface area (Å²) in [6.07, 6.45) is 4.01. The van der Waals surface area contributed by atoms with Gasteiger partial charge in [-0.3, -0.25) is 4.79 Å². The number of nitrogens with two attached hydrogens (primary N) is 1. The van der Waals surface area contributed by atoms with Crippen LogP contribution in [0.5, 0.6) is 0 Å². The largest absolute Gasteiger partial charge is 0.359 e. The number of benzene rings is 1. The molecule has 5 heteroatoms. The summed E-state index contributed by atoms with van der Waals surface area (Å²) in [6, 6.07) is 6.14. The van der Waals surface area contributed by atoms with Crippen LogP contribution in [0.1, 0.15) is 18.4 Å². The van der Waals surface area contributed by atoms with Gasteiger partial charge < -0.3 is 16.0 Å². The molecule has 3 N–H and O–H groups in total. The molecule has 0 radical (unpaired) electrons. The number of hydrogen-bond acceptors (Lipinski definition) is 4. The van der Waals surface area contributed by atoms with E-state index in [9.17, 15) is 4.79 Å². The fourth-order valence-electron chi connectivity index (χ4n) is 2.71. The molecule has 19 heavy (non-hydrogen) atoms. The van der Waals surface area contributed by atoms with Gasteiger partial charge in [0.2, 0.25) is 5.91 Å². The zero-order valence-electron chi connectivity index (χ0n) is 11.5. The van der Waals surface area contributed by atoms with Crippen LogP contribution in [-0.4, -0.2) is 31.8 Å². The topological polar surface area (TPSA) is 58.4 Å². The van der Waals surface area contributed by atoms with Gasteiger partial charge in [0, 0.05) is 36.3 Å². The number of amides is 1. The lowest BCUT2D eigenvalue weighted by molar-refractivity contribution is -0.121. The van der Waals surface area contributed by atoms with Crippen molar-refractivity contribution in [1.82, 2.24) is 5.32 Å². The predicted molar refractivity (Wildman–Crippen MR) is 80.5 cm³/mol. The minimum Gasteiger partial charge on any atom is -0.359 e. The fourth-order valence-corrected chi connectivity index (χ4v) is 3.36. The van der Waals surface area contributed by atoms with E-state index in [-0.39, 0.29) is 11.9 Å². The molecule has 104 valence electrons. The summed E-state index contributed by atoms with van der Waals surface area (Å²) in [5.41, 5.74) is 8.16. The maximum absolute atomic E-state index is 12.0. The normalized spacial score (nSPS) is 18.7. The van der Waals surface area contributed by atoms with Crippen LogP contribution >= 0.6 is 11.8 Å². The van der Waals surface area contributed by atoms with E-state index in [0.29, 0.717) is 6.54 Å². The van der Waals surface area contributed by atoms with Crippen molar-refractivity contribution < 1.29 is 4.79 Å². The Bertz CT molecular complexity index is 464. The molecule has 1 heterocycles. The highest BCUT2D eigenvalue weighted by molar-refractivity contribution is 7.98. The molecule has 1 fully saturated rings. The molecule has 1 aromatic rings. The molecular formula is C14H21N3OS. The Labute approximate surface area is 118 Å². The van der Waals surface area contributed by atoms with E-state index in [1.165, 1.54) is 4.90 Å². The van der Waals surface area contributed by atoms with E-state index in [4.69, 9.17) is 5.73 Å². The molecule has 1 aliphatic heterocycles. The van der Waals surface area contributed by atoms with Crippen LogP contribution in [-0.2, 0) is 11.3 Å². The molecule has 1 atom stereocenters. The summed E-state index contributed by atoms with van der Waals surface area (Å²) in [5.74, 6) is 0.0926. The fraction of sp³-hybridized carbons (Fsp3) is 0.500. The Balaban J connectivity index is 2.38. The first-order valence-corrected chi connectivity index (χ1v) is 7.79. The van der Waals surface area contributed by atoms with E-state index in [1.54, 1.807) is 18.8 Å². The standard InChI is InChI=1S/C14H21N3OS/c1-16-14(18)12-6-4-8-17(12)11-5-3-7-13(19-2)10(11)9-15/h3,5,7,12H,4,6,8-9,15H2,1-2H3,(H,16,18). The van der Waals surface area contributed by atoms with Crippen molar-refractivity contribution in [1.29, 1.82) is 0 Å². The SMILES string of the molecule is CNC(=O)C1CCCN1c1cccc(SC)c1CN. The predicted octanol–water partition coefficient (Wildman–Crippen LogP) is 1.58. The van der Waals surface area contributed by atoms with Gasteiger partial charge in [-0.25, -0.2) is 0 Å². The number of hydrogen-bond donors (Lipinski definition) is 2. The second-order valence-electron chi connectivity index (χ2n) is 4.63. The Kier molecular flexibility index (Phi) is 4.71. The summed E-state index contributed by atoms with van der Waals surface area (Å²) < 4.78 is 0. The van der Waals surface area contributed by atoms with E-state index in [0.717, 1.165) is 30.6 Å². The third kappa shape index (κ3) is 2.72. The number of carbonyl (C=O) groups excluding carboxylic acids is 1. The lowest BCUT2D eigenvalue weighted by Gasteiger charge is -2.28. The van der Waals surface area contributed by atoms with E-state index in [2.05, 4.69) is 28.6 Å². The van der Waals surface area contributed by atoms with Crippen LogP contribution in [0.3, 0.4) is 0 Å². The maximum atomic E-state index is 12.0. The third-order valence-corrected chi connectivity index (χ3v) is 4.47. The summed E-state index contributed by atoms with van der Waals surface area (Å²) in [6.45, 7) is 1.42. The number of likely N-dealkylation sites (N-methyl/N-ethyl adjacent to an activating group) is 1. The highest BCUT2D eigenvalue weighted by atomic mass is 32.2. The van der Waals surface area contributed by atoms with Gasteiger partial charge in [0.1, 0.15) is 6.04 Å². The van der Waals surface area contributed by atoms with Gasteiger partial charge in [0.05, 0.1) is 0 Å². The number of rotatable bonds is 4. The van der Waals surface area contributed by atoms with Crippen molar-refractivity contribution in [2.45, 2.75) is 30.3 Å². The molecule has 2 rings (SSSR count). The van der Waals surface area contributed by atoms with Gasteiger partial charge in [-0.15, -0.1) is 11.8 Å². The van der Waals surface area contributed by atoms with Gasteiger partial charge in [-0.05, 0) is 31.2 Å². The number of nitrogens with zero attached hydrogens (tertiary/aromatic N) is 1. The second kappa shape index (κ2) is 6.30. The quantitative estimate of drug-likeness (QED) is 0.822. The average molecular weight is 279 g/mol. The monoisotopic (exact) mass is 279 g/mol. The summed E-state index contributed by atoms with van der Waals surface area (Å²) in [5, 5.41) is 2.76. The lowest BCUT2D eigenvalue weighted by atomic mass is 10.1. The minimum absolute atomic E-state index is 0.0626. The molecule has 0 aromatic heterocycles. The molecular weight excluding hydrogens is 258 g/mol. The van der Waals surface area contributed by atoms with Gasteiger partial charge in [0.25, 0.3) is 0 Å². The minimum atomic E-state index is -0.0626. The van der Waals surface area contributed by atoms with Crippen LogP contribution in [0.25, 0.3) is 0 Å². The Morgan fingerprint density at radius 2 is 2.37 bits per heavy atom. The van der Waals surface area contributed by atoms with Crippen LogP contribution in [0.2, 0.25) is 0 Å². The number of thioether (sulfide) groups is 1. The summed E-state index contributed by atoms with van der Waals surface area (Å²) >= 11 is 1.70. The Hall–Kier alpha value is -1.20. The highest BCUT2D eigenvalue weighted by Crippen LogP contribution is 2.33. The molecule has 1 amide bonds. The molecule has 0 bridgehead atoms. The Morgan fingerprint density at radius 3 is 3.00 bits per heavy atom. The molecule has 1 saturated heterocycles. The van der Waals surface area contributed by atoms with Crippen molar-refractivity contribution >= 4 is 23.4 Å². The van der Waals surface area contributed by atoms with E-state index >= 15 is 0 Å². The molecule has 1 aromatic carbocycles. The number of anilines is 1. The van der Waals surface area contributed by atoms with Crippen LogP contribution in [0.4, 0.5) is 5.69 Å². The van der Waals surface area contributed by atoms with Gasteiger partial charge in [0.15, 0.2) is 0 Å². The zero-order chi connectivity index (χ0) is 13.8. The molecule has 0 saturated carbocycles. The smallest absolute Gasteiger partial charge is 0.242 e. The molecule has 4 nitrogen and oxygen atoms in total. The molecule has 1 aliphatic rings. The Morgan fingerprint density at radius 1 is 1.58 bits per heavy atom. The van der Waals surface area contributed by atoms with Gasteiger partial charge >= 0.3 is 0 Å². The highest BCUT2D eigenvalue weighted by Gasteiger charge is 2.31. The van der Waals surface area contributed by atoms with Gasteiger partial charge in [-0.1, -0.05) is 6.07 Å². The first-order valence-electron chi connectivity index (χ1n) is 6.57. The van der Waals surface area contributed by atoms with E-state index < -0.39 is 0 Å². The van der Waals surface area contributed by atoms with E-state index in [1.807, 2.05) is 6.07 Å². The number of nitrogens with one attached hydrogen (secondary N) is 1. The van der Waals surface area contributed by atoms with Crippen LogP contribution in [0, 0.1) is 0 Å².